The Labute approximate surface area is 223 Å². The van der Waals surface area contributed by atoms with Crippen LogP contribution >= 0.6 is 0 Å². The van der Waals surface area contributed by atoms with E-state index in [1.165, 1.54) is 30.4 Å². The number of rotatable bonds is 2. The molecule has 2 aliphatic heterocycles. The second kappa shape index (κ2) is 14.4. The van der Waals surface area contributed by atoms with Gasteiger partial charge in [-0.2, -0.15) is 5.26 Å². The van der Waals surface area contributed by atoms with Gasteiger partial charge in [-0.3, -0.25) is 4.72 Å². The average molecular weight is 529 g/mol. The van der Waals surface area contributed by atoms with Crippen molar-refractivity contribution >= 4 is 15.7 Å². The van der Waals surface area contributed by atoms with Gasteiger partial charge < -0.3 is 15.8 Å². The fourth-order valence-corrected chi connectivity index (χ4v) is 5.54. The lowest BCUT2D eigenvalue weighted by molar-refractivity contribution is 0.00796. The SMILES string of the molecule is CC.CC.CS(=O)(=O)Nc1ccc2c(c1)C(N)CC1(CCNCC1)O2.N#Cc1ccc2c(c1)CCCC2. The number of piperidine rings is 1. The van der Waals surface area contributed by atoms with E-state index in [0.717, 1.165) is 61.9 Å². The van der Waals surface area contributed by atoms with E-state index < -0.39 is 10.0 Å². The summed E-state index contributed by atoms with van der Waals surface area (Å²) in [5.74, 6) is 0.773. The van der Waals surface area contributed by atoms with Crippen LogP contribution in [0.3, 0.4) is 0 Å². The van der Waals surface area contributed by atoms with E-state index >= 15 is 0 Å². The number of anilines is 1. The predicted molar refractivity (Wildman–Crippen MR) is 152 cm³/mol. The molecule has 4 N–H and O–H groups in total. The second-order valence-corrected chi connectivity index (χ2v) is 11.0. The van der Waals surface area contributed by atoms with Gasteiger partial charge in [0.15, 0.2) is 0 Å². The lowest BCUT2D eigenvalue weighted by Crippen LogP contribution is -2.50. The van der Waals surface area contributed by atoms with E-state index in [9.17, 15) is 8.42 Å². The van der Waals surface area contributed by atoms with Gasteiger partial charge in [-0.15, -0.1) is 0 Å². The second-order valence-electron chi connectivity index (χ2n) is 9.27. The molecule has 3 aliphatic rings. The van der Waals surface area contributed by atoms with Crippen LogP contribution < -0.4 is 20.5 Å². The number of ether oxygens (including phenoxy) is 1. The van der Waals surface area contributed by atoms with Crippen LogP contribution in [0.2, 0.25) is 0 Å². The van der Waals surface area contributed by atoms with Gasteiger partial charge in [-0.05, 0) is 93.1 Å². The van der Waals surface area contributed by atoms with Crippen molar-refractivity contribution in [3.05, 3.63) is 58.7 Å². The molecule has 7 nitrogen and oxygen atoms in total. The first-order valence-corrected chi connectivity index (χ1v) is 15.5. The molecule has 1 aliphatic carbocycles. The third-order valence-corrected chi connectivity index (χ3v) is 7.23. The monoisotopic (exact) mass is 528 g/mol. The van der Waals surface area contributed by atoms with E-state index in [1.807, 2.05) is 45.9 Å². The van der Waals surface area contributed by atoms with E-state index in [2.05, 4.69) is 22.2 Å². The maximum absolute atomic E-state index is 11.3. The van der Waals surface area contributed by atoms with E-state index in [-0.39, 0.29) is 11.6 Å². The number of fused-ring (bicyclic) bond motifs is 2. The molecule has 204 valence electrons. The van der Waals surface area contributed by atoms with Crippen molar-refractivity contribution < 1.29 is 13.2 Å². The first-order chi connectivity index (χ1) is 17.8. The quantitative estimate of drug-likeness (QED) is 0.477. The molecule has 0 amide bonds. The van der Waals surface area contributed by atoms with Crippen LogP contribution in [0.5, 0.6) is 5.75 Å². The molecular weight excluding hydrogens is 484 g/mol. The van der Waals surface area contributed by atoms with Crippen LogP contribution in [0.25, 0.3) is 0 Å². The zero-order valence-electron chi connectivity index (χ0n) is 23.1. The molecular formula is C29H44N4O3S. The Kier molecular flexibility index (Phi) is 11.9. The highest BCUT2D eigenvalue weighted by atomic mass is 32.2. The Morgan fingerprint density at radius 1 is 1.03 bits per heavy atom. The largest absolute Gasteiger partial charge is 0.487 e. The molecule has 2 aromatic rings. The van der Waals surface area contributed by atoms with Crippen molar-refractivity contribution in [2.75, 3.05) is 24.1 Å². The number of nitrogens with zero attached hydrogens (tertiary/aromatic N) is 1. The van der Waals surface area contributed by atoms with E-state index in [1.54, 1.807) is 12.1 Å². The maximum Gasteiger partial charge on any atom is 0.229 e. The average Bonchev–Trinajstić information content (AvgIpc) is 2.91. The van der Waals surface area contributed by atoms with Crippen molar-refractivity contribution in [3.63, 3.8) is 0 Å². The third-order valence-electron chi connectivity index (χ3n) is 6.62. The third kappa shape index (κ3) is 8.74. The fourth-order valence-electron chi connectivity index (χ4n) is 4.99. The minimum atomic E-state index is -3.29. The summed E-state index contributed by atoms with van der Waals surface area (Å²) in [6, 6.07) is 13.4. The van der Waals surface area contributed by atoms with Crippen LogP contribution in [0.4, 0.5) is 5.69 Å². The Hall–Kier alpha value is -2.60. The van der Waals surface area contributed by atoms with Gasteiger partial charge in [0.05, 0.1) is 17.9 Å². The highest BCUT2D eigenvalue weighted by Crippen LogP contribution is 2.43. The normalized spacial score (nSPS) is 18.9. The molecule has 1 unspecified atom stereocenters. The molecule has 0 saturated carbocycles. The van der Waals surface area contributed by atoms with Gasteiger partial charge in [0.25, 0.3) is 0 Å². The number of sulfonamides is 1. The fraction of sp³-hybridized carbons (Fsp3) is 0.552. The van der Waals surface area contributed by atoms with Crippen molar-refractivity contribution in [1.29, 1.82) is 5.26 Å². The predicted octanol–water partition coefficient (Wildman–Crippen LogP) is 5.45. The van der Waals surface area contributed by atoms with Crippen molar-refractivity contribution in [2.45, 2.75) is 84.3 Å². The first-order valence-electron chi connectivity index (χ1n) is 13.6. The summed E-state index contributed by atoms with van der Waals surface area (Å²) >= 11 is 0. The van der Waals surface area contributed by atoms with Gasteiger partial charge in [0.1, 0.15) is 11.4 Å². The molecule has 0 bridgehead atoms. The van der Waals surface area contributed by atoms with Gasteiger partial charge >= 0.3 is 0 Å². The minimum Gasteiger partial charge on any atom is -0.487 e. The molecule has 1 atom stereocenters. The summed E-state index contributed by atoms with van der Waals surface area (Å²) in [6.07, 6.45) is 8.73. The van der Waals surface area contributed by atoms with Gasteiger partial charge in [-0.25, -0.2) is 8.42 Å². The molecule has 0 aromatic heterocycles. The molecule has 1 saturated heterocycles. The number of nitriles is 1. The van der Waals surface area contributed by atoms with Gasteiger partial charge in [-0.1, -0.05) is 33.8 Å². The molecule has 5 rings (SSSR count). The van der Waals surface area contributed by atoms with Crippen molar-refractivity contribution in [3.8, 4) is 11.8 Å². The summed E-state index contributed by atoms with van der Waals surface area (Å²) in [7, 11) is -3.29. The number of aryl methyl sites for hydroxylation is 2. The summed E-state index contributed by atoms with van der Waals surface area (Å²) in [5.41, 5.74) is 11.2. The van der Waals surface area contributed by atoms with Crippen LogP contribution in [0, 0.1) is 11.3 Å². The number of hydrogen-bond donors (Lipinski definition) is 3. The topological polar surface area (TPSA) is 117 Å². The lowest BCUT2D eigenvalue weighted by atomic mass is 9.81. The highest BCUT2D eigenvalue weighted by molar-refractivity contribution is 7.92. The van der Waals surface area contributed by atoms with Crippen molar-refractivity contribution in [2.24, 2.45) is 5.73 Å². The zero-order valence-corrected chi connectivity index (χ0v) is 23.9. The Balaban J connectivity index is 0.000000255. The molecule has 1 fully saturated rings. The zero-order chi connectivity index (χ0) is 27.5. The summed E-state index contributed by atoms with van der Waals surface area (Å²) in [4.78, 5) is 0. The van der Waals surface area contributed by atoms with Gasteiger partial charge in [0, 0.05) is 23.7 Å². The number of hydrogen-bond acceptors (Lipinski definition) is 6. The van der Waals surface area contributed by atoms with Crippen LogP contribution in [0.1, 0.15) is 88.1 Å². The molecule has 0 radical (unpaired) electrons. The number of nitrogens with two attached hydrogens (primary N) is 1. The minimum absolute atomic E-state index is 0.131. The standard InChI is InChI=1S/C14H21N3O3S.C11H11N.2C2H6/c1-21(18,19)17-10-2-3-13-11(8-10)12(15)9-14(20-13)4-6-16-7-5-14;12-8-9-5-6-10-3-1-2-4-11(10)7-9;2*1-2/h2-3,8,12,16-17H,4-7,9,15H2,1H3;5-7H,1-4H2;2*1-2H3. The maximum atomic E-state index is 11.3. The molecule has 2 heterocycles. The molecule has 37 heavy (non-hydrogen) atoms. The highest BCUT2D eigenvalue weighted by Gasteiger charge is 2.40. The Morgan fingerprint density at radius 2 is 1.68 bits per heavy atom. The molecule has 1 spiro atoms. The summed E-state index contributed by atoms with van der Waals surface area (Å²) in [5, 5.41) is 12.0. The van der Waals surface area contributed by atoms with E-state index in [0.29, 0.717) is 5.69 Å². The number of nitrogens with one attached hydrogen (secondary N) is 2. The Morgan fingerprint density at radius 3 is 2.30 bits per heavy atom. The molecule has 8 heteroatoms. The summed E-state index contributed by atoms with van der Waals surface area (Å²) in [6.45, 7) is 9.88. The van der Waals surface area contributed by atoms with Crippen LogP contribution in [-0.2, 0) is 22.9 Å². The molecule has 2 aromatic carbocycles. The van der Waals surface area contributed by atoms with E-state index in [4.69, 9.17) is 15.7 Å². The van der Waals surface area contributed by atoms with Crippen LogP contribution in [-0.4, -0.2) is 33.4 Å². The Bertz CT molecular complexity index is 1150. The van der Waals surface area contributed by atoms with Crippen molar-refractivity contribution in [1.82, 2.24) is 5.32 Å². The first kappa shape index (κ1) is 30.6. The lowest BCUT2D eigenvalue weighted by Gasteiger charge is -2.44. The summed E-state index contributed by atoms with van der Waals surface area (Å²) < 4.78 is 31.3. The van der Waals surface area contributed by atoms with Crippen LogP contribution in [0.15, 0.2) is 36.4 Å². The smallest absolute Gasteiger partial charge is 0.229 e. The number of benzene rings is 2. The van der Waals surface area contributed by atoms with Gasteiger partial charge in [0.2, 0.25) is 10.0 Å².